The van der Waals surface area contributed by atoms with Crippen molar-refractivity contribution in [1.82, 2.24) is 44.9 Å². The Labute approximate surface area is 722 Å². The van der Waals surface area contributed by atoms with E-state index in [4.69, 9.17) is 9.47 Å². The van der Waals surface area contributed by atoms with E-state index >= 15 is 0 Å². The molecule has 24 nitrogen and oxygen atoms in total. The fourth-order valence-electron chi connectivity index (χ4n) is 16.9. The predicted octanol–water partition coefficient (Wildman–Crippen LogP) is 16.8. The molecule has 27 heteroatoms. The average Bonchev–Trinajstić information content (AvgIpc) is 1.72. The molecule has 18 rings (SSSR count). The Balaban J connectivity index is 0.000000128. The number of alkyl halides is 3. The summed E-state index contributed by atoms with van der Waals surface area (Å²) >= 11 is 0. The maximum atomic E-state index is 14.2. The van der Waals surface area contributed by atoms with Gasteiger partial charge in [0.2, 0.25) is 18.6 Å². The molecule has 8 aromatic carbocycles. The van der Waals surface area contributed by atoms with Gasteiger partial charge in [0.05, 0.1) is 40.0 Å². The molecule has 1 unspecified atom stereocenters. The molecule has 0 spiro atoms. The summed E-state index contributed by atoms with van der Waals surface area (Å²) in [6, 6.07) is 65.3. The average molecular weight is 1690 g/mol. The summed E-state index contributed by atoms with van der Waals surface area (Å²) in [5.74, 6) is 0.215. The number of aromatic hydroxyl groups is 3. The summed E-state index contributed by atoms with van der Waals surface area (Å²) in [4.78, 5) is 81.7. The van der Waals surface area contributed by atoms with Gasteiger partial charge in [0.15, 0.2) is 23.0 Å². The number of hydrogen-bond donors (Lipinski definition) is 5. The van der Waals surface area contributed by atoms with Gasteiger partial charge >= 0.3 is 12.1 Å². The minimum atomic E-state index is -4.73. The molecule has 4 aromatic heterocycles. The second kappa shape index (κ2) is 39.4. The zero-order chi connectivity index (χ0) is 87.9. The molecule has 0 saturated carbocycles. The molecule has 2 amide bonds. The lowest BCUT2D eigenvalue weighted by molar-refractivity contribution is -0.431. The number of anilines is 4. The van der Waals surface area contributed by atoms with Crippen LogP contribution in [-0.4, -0.2) is 152 Å². The maximum Gasteiger partial charge on any atom is 0.416 e. The number of methoxy groups -OCH3 is 1. The quantitative estimate of drug-likeness (QED) is 0.0231. The van der Waals surface area contributed by atoms with E-state index in [2.05, 4.69) is 103 Å². The molecule has 125 heavy (non-hydrogen) atoms. The molecule has 12 aromatic rings. The number of pyridine rings is 3. The Morgan fingerprint density at radius 1 is 0.672 bits per heavy atom. The number of phenolic OH excluding ortho intramolecular Hbond substituents is 3. The maximum absolute atomic E-state index is 14.2. The first kappa shape index (κ1) is 87.2. The van der Waals surface area contributed by atoms with Crippen LogP contribution >= 0.6 is 0 Å². The monoisotopic (exact) mass is 1690 g/mol. The van der Waals surface area contributed by atoms with E-state index < -0.39 is 39.7 Å². The van der Waals surface area contributed by atoms with Crippen molar-refractivity contribution in [3.63, 3.8) is 0 Å². The van der Waals surface area contributed by atoms with Crippen molar-refractivity contribution in [3.05, 3.63) is 356 Å². The number of amides is 2. The van der Waals surface area contributed by atoms with Crippen LogP contribution in [0.4, 0.5) is 36.2 Å². The van der Waals surface area contributed by atoms with Gasteiger partial charge < -0.3 is 50.0 Å². The molecule has 0 radical (unpaired) electrons. The van der Waals surface area contributed by atoms with Crippen LogP contribution in [0.15, 0.2) is 285 Å². The third-order valence-corrected chi connectivity index (χ3v) is 23.0. The molecule has 640 valence electrons. The highest BCUT2D eigenvalue weighted by atomic mass is 19.4. The second-order valence-electron chi connectivity index (χ2n) is 31.4. The summed E-state index contributed by atoms with van der Waals surface area (Å²) in [6.07, 6.45) is 14.3. The van der Waals surface area contributed by atoms with Gasteiger partial charge in [0, 0.05) is 123 Å². The minimum absolute atomic E-state index is 0.0163. The smallest absolute Gasteiger partial charge is 0.416 e. The van der Waals surface area contributed by atoms with Gasteiger partial charge in [0.1, 0.15) is 11.7 Å². The van der Waals surface area contributed by atoms with Gasteiger partial charge in [-0.1, -0.05) is 97.1 Å². The number of dihydropyridines is 1. The van der Waals surface area contributed by atoms with Crippen molar-refractivity contribution in [2.24, 2.45) is 0 Å². The standard InChI is InChI=1S/C26H21N3O.C23H25N3O2.C17H17NO2.C16H15F3N2O4.C16H18N4O2/c30-25-26(18-20-10-14-27-15-11-20,19-21-12-16-28-17-13-21)23-8-4-5-9-24(23)29(25)22-6-2-1-3-7-22;1-26(2)15-3-4-19-16-20(7-10-22(19)27)23(28)25-21-8-5-17(6-9-21)18-11-13-24-14-12-18;1-18-8-7-10-3-2-4-12-15(10)13(18)9-11-5-6-14(19)17(20)16(11)12;1-8-12(15(22)25-3)13(14(21(23)24)9(2)20-8)10-6-4-5-7-11(10)16(17,18)19;1-4-17-16(18-5-1)20-8-6-19(7-9-20)11-13-2-3-14-15(10-13)22-12-21-14/h1-17H,18-19H2;5-14,16,27H,3-4,15H2,1-2H3,(H,25,28);2-6,13,19-20H,7-9H2,1H3;4-7,13,20H,1-3H3;1-5,10H,6-9,11-12H2/t;;13-;;/m..1../s1. The molecular weight excluding hydrogens is 1590 g/mol. The van der Waals surface area contributed by atoms with Gasteiger partial charge in [-0.05, 0) is 262 Å². The molecule has 2 atom stereocenters. The molecule has 1 saturated heterocycles. The van der Waals surface area contributed by atoms with Crippen LogP contribution in [0.3, 0.4) is 0 Å². The molecule has 1 fully saturated rings. The number of nitro groups is 1. The Bertz CT molecular complexity index is 5850. The van der Waals surface area contributed by atoms with Gasteiger partial charge in [-0.3, -0.25) is 49.4 Å². The van der Waals surface area contributed by atoms with E-state index in [0.717, 1.165) is 175 Å². The van der Waals surface area contributed by atoms with Gasteiger partial charge in [-0.25, -0.2) is 14.8 Å². The van der Waals surface area contributed by atoms with E-state index in [1.807, 2.05) is 146 Å². The highest BCUT2D eigenvalue weighted by molar-refractivity contribution is 6.13. The van der Waals surface area contributed by atoms with Gasteiger partial charge in [0.25, 0.3) is 11.6 Å². The van der Waals surface area contributed by atoms with E-state index in [-0.39, 0.29) is 51.6 Å². The van der Waals surface area contributed by atoms with Gasteiger partial charge in [-0.15, -0.1) is 0 Å². The van der Waals surface area contributed by atoms with Crippen molar-refractivity contribution in [2.45, 2.75) is 82.5 Å². The topological polar surface area (TPSA) is 287 Å². The number of fused-ring (bicyclic) bond motifs is 4. The van der Waals surface area contributed by atoms with Crippen LogP contribution in [-0.2, 0) is 64.6 Å². The third kappa shape index (κ3) is 20.1. The number of aromatic nitrogens is 5. The summed E-state index contributed by atoms with van der Waals surface area (Å²) in [5, 5.41) is 47.2. The van der Waals surface area contributed by atoms with E-state index in [9.17, 15) is 53.0 Å². The number of allylic oxidation sites excluding steroid dienone is 3. The first-order valence-electron chi connectivity index (χ1n) is 41.1. The number of aryl methyl sites for hydroxylation is 1. The molecule has 5 N–H and O–H groups in total. The van der Waals surface area contributed by atoms with E-state index in [1.165, 1.54) is 42.7 Å². The molecule has 9 heterocycles. The number of halogens is 3. The first-order chi connectivity index (χ1) is 60.4. The van der Waals surface area contributed by atoms with Crippen LogP contribution in [0.2, 0.25) is 0 Å². The van der Waals surface area contributed by atoms with Crippen molar-refractivity contribution < 1.29 is 62.0 Å². The number of ether oxygens (including phenoxy) is 3. The highest BCUT2D eigenvalue weighted by Gasteiger charge is 2.52. The number of phenols is 3. The van der Waals surface area contributed by atoms with E-state index in [1.54, 1.807) is 73.8 Å². The van der Waals surface area contributed by atoms with Crippen LogP contribution in [0.1, 0.15) is 98.2 Å². The fraction of sp³-hybridized carbons (Fsp3) is 0.245. The lowest BCUT2D eigenvalue weighted by Crippen LogP contribution is -2.46. The second-order valence-corrected chi connectivity index (χ2v) is 31.4. The number of piperazine rings is 1. The van der Waals surface area contributed by atoms with Crippen molar-refractivity contribution >= 4 is 40.8 Å². The van der Waals surface area contributed by atoms with Crippen molar-refractivity contribution in [3.8, 4) is 51.0 Å². The Morgan fingerprint density at radius 2 is 1.31 bits per heavy atom. The molecule has 0 bridgehead atoms. The SMILES string of the molecule is CN(C)CCCc1cc(C(=O)Nc2ccc(-c3ccncc3)cc2)ccc1O.CN1CCc2cccc3c2[C@H]1Cc1ccc(O)c(O)c1-3.COC(=O)C1=C(C)NC(C)=C([N+](=O)[O-])C1c1ccccc1C(F)(F)F.O=C1N(c2ccccc2)c2ccccc2C1(Cc1ccncc1)Cc1ccncc1.c1cnc(N2CCN(Cc3ccc4c(c3)OCO4)CC2)nc1. The number of rotatable bonds is 18. The number of para-hydroxylation sites is 2. The van der Waals surface area contributed by atoms with E-state index in [0.29, 0.717) is 31.2 Å². The fourth-order valence-corrected chi connectivity index (χ4v) is 16.9. The largest absolute Gasteiger partial charge is 0.508 e. The van der Waals surface area contributed by atoms with Crippen LogP contribution in [0.5, 0.6) is 28.7 Å². The minimum Gasteiger partial charge on any atom is -0.508 e. The van der Waals surface area contributed by atoms with Crippen LogP contribution < -0.4 is 29.9 Å². The number of hydrogen-bond acceptors (Lipinski definition) is 21. The van der Waals surface area contributed by atoms with Crippen LogP contribution in [0.25, 0.3) is 22.3 Å². The Hall–Kier alpha value is -14.2. The zero-order valence-corrected chi connectivity index (χ0v) is 70.0. The lowest BCUT2D eigenvalue weighted by Gasteiger charge is -2.39. The normalized spacial score (nSPS) is 15.9. The Kier molecular flexibility index (Phi) is 27.5. The Morgan fingerprint density at radius 3 is 1.98 bits per heavy atom. The molecule has 5 aliphatic heterocycles. The summed E-state index contributed by atoms with van der Waals surface area (Å²) in [7, 11) is 7.26. The van der Waals surface area contributed by atoms with Crippen molar-refractivity contribution in [1.29, 1.82) is 0 Å². The summed E-state index contributed by atoms with van der Waals surface area (Å²) in [6.45, 7) is 10.0. The number of carbonyl (C=O) groups is 3. The third-order valence-electron chi connectivity index (χ3n) is 23.0. The predicted molar refractivity (Wildman–Crippen MR) is 472 cm³/mol. The zero-order valence-electron chi connectivity index (χ0n) is 70.0. The number of likely N-dealkylation sites (N-methyl/N-ethyl adjacent to an activating group) is 1. The first-order valence-corrected chi connectivity index (χ1v) is 41.1. The molecule has 1 aliphatic carbocycles. The van der Waals surface area contributed by atoms with Crippen molar-refractivity contribution in [2.75, 3.05) is 89.4 Å². The highest BCUT2D eigenvalue weighted by Crippen LogP contribution is 2.52. The lowest BCUT2D eigenvalue weighted by atomic mass is 9.72. The van der Waals surface area contributed by atoms with Gasteiger partial charge in [-0.2, -0.15) is 13.2 Å². The molecular formula is C98H96F3N13O11. The number of benzene rings is 8. The molecule has 6 aliphatic rings. The number of nitrogens with one attached hydrogen (secondary N) is 2. The number of carbonyl (C=O) groups excluding carboxylic acids is 3. The summed E-state index contributed by atoms with van der Waals surface area (Å²) in [5.41, 5.74) is 13.7. The van der Waals surface area contributed by atoms with Crippen LogP contribution in [0, 0.1) is 10.1 Å². The number of nitrogens with zero attached hydrogens (tertiary/aromatic N) is 11. The summed E-state index contributed by atoms with van der Waals surface area (Å²) < 4.78 is 55.6. The number of esters is 1.